The normalized spacial score (nSPS) is 13.8. The Balaban J connectivity index is 0. The third-order valence-electron chi connectivity index (χ3n) is 5.72. The molecule has 0 aromatic heterocycles. The molecule has 0 aromatic carbocycles. The summed E-state index contributed by atoms with van der Waals surface area (Å²) >= 11 is 0. The first-order valence-electron chi connectivity index (χ1n) is 12.0. The number of unbranched alkanes of at least 4 members (excludes halogenated alkanes) is 12. The van der Waals surface area contributed by atoms with Crippen molar-refractivity contribution in [1.82, 2.24) is 0 Å². The third kappa shape index (κ3) is 21.9. The van der Waals surface area contributed by atoms with Crippen LogP contribution in [-0.2, 0) is 10.1 Å². The first-order chi connectivity index (χ1) is 13.4. The van der Waals surface area contributed by atoms with E-state index in [0.29, 0.717) is 12.8 Å². The second-order valence-electron chi connectivity index (χ2n) is 8.52. The zero-order chi connectivity index (χ0) is 21.1. The van der Waals surface area contributed by atoms with Crippen LogP contribution in [0.2, 0.25) is 0 Å². The molecular formula is C23H47NaO4S. The molecule has 0 saturated heterocycles. The van der Waals surface area contributed by atoms with Crippen LogP contribution in [0.5, 0.6) is 0 Å². The van der Waals surface area contributed by atoms with Crippen LogP contribution in [0.3, 0.4) is 0 Å². The van der Waals surface area contributed by atoms with Gasteiger partial charge in [-0.3, -0.25) is 0 Å². The second kappa shape index (κ2) is 22.1. The van der Waals surface area contributed by atoms with Crippen molar-refractivity contribution in [3.05, 3.63) is 0 Å². The Labute approximate surface area is 204 Å². The fraction of sp³-hybridized carbons (Fsp3) is 1.00. The first kappa shape index (κ1) is 32.1. The van der Waals surface area contributed by atoms with E-state index in [4.69, 9.17) is 0 Å². The van der Waals surface area contributed by atoms with Crippen LogP contribution >= 0.6 is 0 Å². The Morgan fingerprint density at radius 1 is 0.621 bits per heavy atom. The molecule has 0 aliphatic carbocycles. The SMILES string of the molecule is CCCCCC(O)CCCCCCCCCCCCCC(CCC)S(=O)(=O)[O-].[Na+]. The topological polar surface area (TPSA) is 77.4 Å². The zero-order valence-electron chi connectivity index (χ0n) is 19.7. The molecule has 0 aromatic rings. The molecule has 0 amide bonds. The van der Waals surface area contributed by atoms with Gasteiger partial charge in [-0.1, -0.05) is 110 Å². The van der Waals surface area contributed by atoms with Crippen molar-refractivity contribution in [2.24, 2.45) is 0 Å². The van der Waals surface area contributed by atoms with E-state index in [1.165, 1.54) is 57.8 Å². The molecule has 2 atom stereocenters. The maximum absolute atomic E-state index is 11.2. The molecule has 0 fully saturated rings. The van der Waals surface area contributed by atoms with E-state index in [9.17, 15) is 18.1 Å². The Morgan fingerprint density at radius 2 is 1.00 bits per heavy atom. The molecule has 0 spiro atoms. The van der Waals surface area contributed by atoms with Crippen molar-refractivity contribution in [3.8, 4) is 0 Å². The average molecular weight is 443 g/mol. The van der Waals surface area contributed by atoms with E-state index in [1.807, 2.05) is 6.92 Å². The van der Waals surface area contributed by atoms with Crippen LogP contribution in [0.4, 0.5) is 0 Å². The minimum Gasteiger partial charge on any atom is -0.748 e. The molecule has 0 rings (SSSR count). The van der Waals surface area contributed by atoms with Gasteiger partial charge in [0.2, 0.25) is 0 Å². The van der Waals surface area contributed by atoms with E-state index < -0.39 is 15.4 Å². The molecule has 0 aliphatic heterocycles. The van der Waals surface area contributed by atoms with E-state index in [-0.39, 0.29) is 35.7 Å². The number of rotatable bonds is 21. The molecule has 1 N–H and O–H groups in total. The molecule has 4 nitrogen and oxygen atoms in total. The summed E-state index contributed by atoms with van der Waals surface area (Å²) in [4.78, 5) is 0. The second-order valence-corrected chi connectivity index (χ2v) is 10.2. The molecule has 0 bridgehead atoms. The quantitative estimate of drug-likeness (QED) is 0.167. The fourth-order valence-corrected chi connectivity index (χ4v) is 4.85. The average Bonchev–Trinajstić information content (AvgIpc) is 2.64. The van der Waals surface area contributed by atoms with Gasteiger partial charge in [-0.15, -0.1) is 0 Å². The molecule has 170 valence electrons. The van der Waals surface area contributed by atoms with Gasteiger partial charge in [0, 0.05) is 5.25 Å². The molecule has 0 radical (unpaired) electrons. The van der Waals surface area contributed by atoms with Crippen molar-refractivity contribution in [2.45, 2.75) is 147 Å². The predicted octanol–water partition coefficient (Wildman–Crippen LogP) is 3.72. The van der Waals surface area contributed by atoms with Gasteiger partial charge in [-0.2, -0.15) is 0 Å². The van der Waals surface area contributed by atoms with Crippen LogP contribution < -0.4 is 29.6 Å². The summed E-state index contributed by atoms with van der Waals surface area (Å²) in [5.41, 5.74) is 0. The Bertz CT molecular complexity index is 429. The standard InChI is InChI=1S/C23H48O4S.Na/c1-3-5-15-19-22(24)20-16-13-11-9-7-6-8-10-12-14-17-21-23(18-4-2)28(25,26)27;/h22-24H,3-21H2,1-2H3,(H,25,26,27);/q;+1/p-1. The Morgan fingerprint density at radius 3 is 1.38 bits per heavy atom. The number of aliphatic hydroxyl groups excluding tert-OH is 1. The van der Waals surface area contributed by atoms with Gasteiger partial charge in [0.25, 0.3) is 0 Å². The van der Waals surface area contributed by atoms with Crippen molar-refractivity contribution in [3.63, 3.8) is 0 Å². The monoisotopic (exact) mass is 442 g/mol. The van der Waals surface area contributed by atoms with Crippen LogP contribution in [0.25, 0.3) is 0 Å². The van der Waals surface area contributed by atoms with Gasteiger partial charge in [0.1, 0.15) is 0 Å². The largest absolute Gasteiger partial charge is 1.00 e. The summed E-state index contributed by atoms with van der Waals surface area (Å²) in [6.45, 7) is 4.12. The van der Waals surface area contributed by atoms with Crippen molar-refractivity contribution < 1.29 is 47.6 Å². The van der Waals surface area contributed by atoms with Gasteiger partial charge < -0.3 is 9.66 Å². The van der Waals surface area contributed by atoms with Crippen molar-refractivity contribution in [1.29, 1.82) is 0 Å². The molecule has 2 unspecified atom stereocenters. The maximum atomic E-state index is 11.2. The minimum atomic E-state index is -4.12. The first-order valence-corrected chi connectivity index (χ1v) is 13.5. The summed E-state index contributed by atoms with van der Waals surface area (Å²) in [6.07, 6.45) is 20.3. The predicted molar refractivity (Wildman–Crippen MR) is 119 cm³/mol. The number of aliphatic hydroxyl groups is 1. The summed E-state index contributed by atoms with van der Waals surface area (Å²) in [7, 11) is -4.12. The number of hydrogen-bond acceptors (Lipinski definition) is 4. The van der Waals surface area contributed by atoms with Gasteiger partial charge in [0.05, 0.1) is 16.2 Å². The van der Waals surface area contributed by atoms with Gasteiger partial charge in [-0.25, -0.2) is 8.42 Å². The molecule has 0 saturated carbocycles. The summed E-state index contributed by atoms with van der Waals surface area (Å²) in [5.74, 6) is 0. The van der Waals surface area contributed by atoms with Crippen molar-refractivity contribution in [2.75, 3.05) is 0 Å². The number of hydrogen-bond donors (Lipinski definition) is 1. The Kier molecular flexibility index (Phi) is 24.4. The molecular weight excluding hydrogens is 395 g/mol. The summed E-state index contributed by atoms with van der Waals surface area (Å²) in [5, 5.41) is 9.22. The molecule has 29 heavy (non-hydrogen) atoms. The third-order valence-corrected chi connectivity index (χ3v) is 7.01. The van der Waals surface area contributed by atoms with Crippen LogP contribution in [0, 0.1) is 0 Å². The maximum Gasteiger partial charge on any atom is 1.00 e. The van der Waals surface area contributed by atoms with Gasteiger partial charge in [-0.05, 0) is 25.7 Å². The summed E-state index contributed by atoms with van der Waals surface area (Å²) < 4.78 is 33.5. The van der Waals surface area contributed by atoms with Crippen LogP contribution in [0.15, 0.2) is 0 Å². The zero-order valence-corrected chi connectivity index (χ0v) is 22.5. The van der Waals surface area contributed by atoms with E-state index in [0.717, 1.165) is 51.4 Å². The molecule has 0 heterocycles. The van der Waals surface area contributed by atoms with E-state index in [1.54, 1.807) is 0 Å². The Hall–Kier alpha value is 0.870. The summed E-state index contributed by atoms with van der Waals surface area (Å²) in [6, 6.07) is 0. The van der Waals surface area contributed by atoms with Gasteiger partial charge >= 0.3 is 29.6 Å². The van der Waals surface area contributed by atoms with Crippen LogP contribution in [0.1, 0.15) is 136 Å². The van der Waals surface area contributed by atoms with E-state index >= 15 is 0 Å². The smallest absolute Gasteiger partial charge is 0.748 e. The van der Waals surface area contributed by atoms with Gasteiger partial charge in [0.15, 0.2) is 0 Å². The molecule has 0 aliphatic rings. The molecule has 6 heteroatoms. The van der Waals surface area contributed by atoms with Crippen molar-refractivity contribution >= 4 is 10.1 Å². The van der Waals surface area contributed by atoms with E-state index in [2.05, 4.69) is 6.92 Å². The van der Waals surface area contributed by atoms with Crippen LogP contribution in [-0.4, -0.2) is 29.4 Å². The minimum absolute atomic E-state index is 0. The fourth-order valence-electron chi connectivity index (χ4n) is 3.87.